The lowest BCUT2D eigenvalue weighted by Gasteiger charge is -2.08. The molecule has 0 heterocycles. The van der Waals surface area contributed by atoms with Crippen LogP contribution in [0, 0.1) is 17.8 Å². The van der Waals surface area contributed by atoms with Crippen molar-refractivity contribution < 1.29 is 8.42 Å². The molecule has 1 aromatic carbocycles. The number of rotatable bonds is 4. The van der Waals surface area contributed by atoms with Gasteiger partial charge in [-0.15, -0.1) is 0 Å². The van der Waals surface area contributed by atoms with Crippen LogP contribution in [0.15, 0.2) is 18.2 Å². The van der Waals surface area contributed by atoms with Crippen molar-refractivity contribution in [3.8, 4) is 11.8 Å². The maximum Gasteiger partial charge on any atom is 0.232 e. The minimum absolute atomic E-state index is 0.180. The van der Waals surface area contributed by atoms with Crippen LogP contribution in [-0.2, 0) is 10.0 Å². The summed E-state index contributed by atoms with van der Waals surface area (Å²) < 4.78 is 26.3. The van der Waals surface area contributed by atoms with Gasteiger partial charge in [0.2, 0.25) is 10.0 Å². The van der Waals surface area contributed by atoms with Crippen LogP contribution in [0.5, 0.6) is 0 Å². The second kappa shape index (κ2) is 5.83. The molecule has 19 heavy (non-hydrogen) atoms. The van der Waals surface area contributed by atoms with E-state index in [9.17, 15) is 8.42 Å². The Morgan fingerprint density at radius 3 is 2.79 bits per heavy atom. The molecule has 0 saturated heterocycles. The maximum atomic E-state index is 11.9. The summed E-state index contributed by atoms with van der Waals surface area (Å²) in [6, 6.07) is 4.87. The number of hydrogen-bond acceptors (Lipinski definition) is 3. The summed E-state index contributed by atoms with van der Waals surface area (Å²) in [6.07, 6.45) is 1.99. The summed E-state index contributed by atoms with van der Waals surface area (Å²) in [5.41, 5.74) is 6.35. The lowest BCUT2D eigenvalue weighted by Crippen LogP contribution is -2.17. The molecule has 1 fully saturated rings. The second-order valence-electron chi connectivity index (χ2n) is 4.53. The van der Waals surface area contributed by atoms with Crippen LogP contribution in [0.25, 0.3) is 0 Å². The highest BCUT2D eigenvalue weighted by atomic mass is 35.5. The van der Waals surface area contributed by atoms with E-state index in [2.05, 4.69) is 16.6 Å². The Kier molecular flexibility index (Phi) is 4.35. The van der Waals surface area contributed by atoms with Gasteiger partial charge in [0, 0.05) is 11.3 Å². The fourth-order valence-corrected chi connectivity index (χ4v) is 3.34. The van der Waals surface area contributed by atoms with Crippen LogP contribution < -0.4 is 10.5 Å². The number of halogens is 1. The molecule has 1 aliphatic carbocycles. The van der Waals surface area contributed by atoms with Crippen molar-refractivity contribution in [1.29, 1.82) is 0 Å². The van der Waals surface area contributed by atoms with E-state index < -0.39 is 10.0 Å². The Hall–Kier alpha value is -1.22. The Labute approximate surface area is 118 Å². The summed E-state index contributed by atoms with van der Waals surface area (Å²) in [5.74, 6) is 5.99. The highest BCUT2D eigenvalue weighted by Gasteiger charge is 2.27. The molecule has 0 aliphatic heterocycles. The zero-order valence-corrected chi connectivity index (χ0v) is 11.9. The third-order valence-corrected chi connectivity index (χ3v) is 4.50. The fraction of sp³-hybridized carbons (Fsp3) is 0.385. The molecule has 0 aromatic heterocycles. The zero-order chi connectivity index (χ0) is 13.9. The SMILES string of the molecule is NCC#Cc1cc(NS(=O)(=O)CC2CC2)ccc1Cl. The highest BCUT2D eigenvalue weighted by molar-refractivity contribution is 7.92. The first-order valence-electron chi connectivity index (χ1n) is 5.99. The molecule has 1 saturated carbocycles. The molecule has 0 spiro atoms. The lowest BCUT2D eigenvalue weighted by molar-refractivity contribution is 0.597. The molecule has 2 rings (SSSR count). The van der Waals surface area contributed by atoms with Gasteiger partial charge >= 0.3 is 0 Å². The molecule has 102 valence electrons. The number of sulfonamides is 1. The van der Waals surface area contributed by atoms with Gasteiger partial charge in [-0.25, -0.2) is 8.42 Å². The third kappa shape index (κ3) is 4.43. The number of hydrogen-bond donors (Lipinski definition) is 2. The summed E-state index contributed by atoms with van der Waals surface area (Å²) in [5, 5.41) is 0.478. The molecule has 0 radical (unpaired) electrons. The lowest BCUT2D eigenvalue weighted by atomic mass is 10.2. The van der Waals surface area contributed by atoms with Crippen LogP contribution in [0.3, 0.4) is 0 Å². The Balaban J connectivity index is 2.16. The fourth-order valence-electron chi connectivity index (χ4n) is 1.65. The van der Waals surface area contributed by atoms with Crippen molar-refractivity contribution in [1.82, 2.24) is 0 Å². The molecule has 3 N–H and O–H groups in total. The summed E-state index contributed by atoms with van der Waals surface area (Å²) >= 11 is 5.98. The number of nitrogens with two attached hydrogens (primary N) is 1. The van der Waals surface area contributed by atoms with Crippen molar-refractivity contribution in [3.05, 3.63) is 28.8 Å². The van der Waals surface area contributed by atoms with Crippen molar-refractivity contribution >= 4 is 27.3 Å². The minimum atomic E-state index is -3.29. The second-order valence-corrected chi connectivity index (χ2v) is 6.70. The standard InChI is InChI=1S/C13H15ClN2O2S/c14-13-6-5-12(8-11(13)2-1-7-15)16-19(17,18)9-10-3-4-10/h5-6,8,10,16H,3-4,7,9,15H2. The zero-order valence-electron chi connectivity index (χ0n) is 10.3. The van der Waals surface area contributed by atoms with E-state index >= 15 is 0 Å². The van der Waals surface area contributed by atoms with Crippen LogP contribution in [0.1, 0.15) is 18.4 Å². The van der Waals surface area contributed by atoms with E-state index in [0.717, 1.165) is 12.8 Å². The molecule has 4 nitrogen and oxygen atoms in total. The van der Waals surface area contributed by atoms with Gasteiger partial charge in [-0.1, -0.05) is 23.4 Å². The maximum absolute atomic E-state index is 11.9. The normalized spacial score (nSPS) is 14.6. The van der Waals surface area contributed by atoms with Crippen LogP contribution in [0.2, 0.25) is 5.02 Å². The molecule has 1 aromatic rings. The molecule has 0 bridgehead atoms. The largest absolute Gasteiger partial charge is 0.320 e. The molecule has 0 unspecified atom stereocenters. The monoisotopic (exact) mass is 298 g/mol. The van der Waals surface area contributed by atoms with Crippen LogP contribution in [-0.4, -0.2) is 20.7 Å². The van der Waals surface area contributed by atoms with Gasteiger partial charge < -0.3 is 5.73 Å². The number of anilines is 1. The summed E-state index contributed by atoms with van der Waals surface area (Å²) in [7, 11) is -3.29. The van der Waals surface area contributed by atoms with Gasteiger partial charge in [0.15, 0.2) is 0 Å². The average molecular weight is 299 g/mol. The minimum Gasteiger partial charge on any atom is -0.320 e. The van der Waals surface area contributed by atoms with E-state index in [1.54, 1.807) is 18.2 Å². The Morgan fingerprint density at radius 1 is 1.42 bits per heavy atom. The first kappa shape index (κ1) is 14.2. The van der Waals surface area contributed by atoms with Crippen molar-refractivity contribution in [2.45, 2.75) is 12.8 Å². The van der Waals surface area contributed by atoms with Crippen molar-refractivity contribution in [2.24, 2.45) is 11.7 Å². The molecular weight excluding hydrogens is 284 g/mol. The first-order valence-corrected chi connectivity index (χ1v) is 8.02. The smallest absolute Gasteiger partial charge is 0.232 e. The van der Waals surface area contributed by atoms with E-state index in [1.807, 2.05) is 0 Å². The van der Waals surface area contributed by atoms with Gasteiger partial charge in [0.1, 0.15) is 0 Å². The molecule has 1 aliphatic rings. The summed E-state index contributed by atoms with van der Waals surface area (Å²) in [6.45, 7) is 0.230. The first-order chi connectivity index (χ1) is 9.00. The Morgan fingerprint density at radius 2 is 2.16 bits per heavy atom. The van der Waals surface area contributed by atoms with Gasteiger partial charge in [0.05, 0.1) is 17.3 Å². The quantitative estimate of drug-likeness (QED) is 0.833. The van der Waals surface area contributed by atoms with E-state index in [0.29, 0.717) is 22.2 Å². The van der Waals surface area contributed by atoms with Crippen LogP contribution in [0.4, 0.5) is 5.69 Å². The number of benzene rings is 1. The van der Waals surface area contributed by atoms with E-state index in [4.69, 9.17) is 17.3 Å². The van der Waals surface area contributed by atoms with Gasteiger partial charge in [-0.3, -0.25) is 4.72 Å². The summed E-state index contributed by atoms with van der Waals surface area (Å²) in [4.78, 5) is 0. The van der Waals surface area contributed by atoms with Gasteiger partial charge in [-0.05, 0) is 37.0 Å². The molecule has 6 heteroatoms. The van der Waals surface area contributed by atoms with Crippen molar-refractivity contribution in [3.63, 3.8) is 0 Å². The van der Waals surface area contributed by atoms with Gasteiger partial charge in [0.25, 0.3) is 0 Å². The third-order valence-electron chi connectivity index (χ3n) is 2.72. The van der Waals surface area contributed by atoms with Crippen LogP contribution >= 0.6 is 11.6 Å². The highest BCUT2D eigenvalue weighted by Crippen LogP contribution is 2.31. The molecule has 0 atom stereocenters. The Bertz CT molecular complexity index is 628. The predicted octanol–water partition coefficient (Wildman–Crippen LogP) is 1.80. The van der Waals surface area contributed by atoms with E-state index in [-0.39, 0.29) is 12.3 Å². The average Bonchev–Trinajstić information content (AvgIpc) is 3.12. The molecular formula is C13H15ClN2O2S. The van der Waals surface area contributed by atoms with Gasteiger partial charge in [-0.2, -0.15) is 0 Å². The molecule has 0 amide bonds. The predicted molar refractivity (Wildman–Crippen MR) is 77.5 cm³/mol. The number of nitrogens with one attached hydrogen (secondary N) is 1. The topological polar surface area (TPSA) is 72.2 Å². The van der Waals surface area contributed by atoms with Crippen molar-refractivity contribution in [2.75, 3.05) is 17.0 Å². The van der Waals surface area contributed by atoms with E-state index in [1.165, 1.54) is 0 Å².